The van der Waals surface area contributed by atoms with Gasteiger partial charge in [-0.1, -0.05) is 18.2 Å². The third kappa shape index (κ3) is 6.09. The first-order valence-electron chi connectivity index (χ1n) is 11.0. The van der Waals surface area contributed by atoms with Gasteiger partial charge >= 0.3 is 0 Å². The molecule has 1 fully saturated rings. The standard InChI is InChI=1S/C25H26FN3O5S/c1-33-21-9-6-19(7-10-21)28-35(31,32)24-17-20(8-11-23(24)29-12-14-34-15-13-29)27-25(30)16-18-4-2-3-5-22(18)26/h2-11,17,28H,12-16H2,1H3,(H,27,30). The zero-order chi connectivity index (χ0) is 24.8. The van der Waals surface area contributed by atoms with E-state index >= 15 is 0 Å². The summed E-state index contributed by atoms with van der Waals surface area (Å²) < 4.78 is 53.9. The molecule has 2 N–H and O–H groups in total. The fourth-order valence-corrected chi connectivity index (χ4v) is 5.07. The number of hydrogen-bond donors (Lipinski definition) is 2. The van der Waals surface area contributed by atoms with Crippen LogP contribution in [0.3, 0.4) is 0 Å². The van der Waals surface area contributed by atoms with Gasteiger partial charge in [0.1, 0.15) is 16.5 Å². The number of nitrogens with zero attached hydrogens (tertiary/aromatic N) is 1. The lowest BCUT2D eigenvalue weighted by molar-refractivity contribution is -0.115. The maximum Gasteiger partial charge on any atom is 0.264 e. The predicted molar refractivity (Wildman–Crippen MR) is 132 cm³/mol. The average Bonchev–Trinajstić information content (AvgIpc) is 2.86. The first-order valence-corrected chi connectivity index (χ1v) is 12.5. The molecule has 1 heterocycles. The molecule has 0 saturated carbocycles. The molecule has 4 rings (SSSR count). The molecule has 0 radical (unpaired) electrons. The van der Waals surface area contributed by atoms with Crippen LogP contribution in [0.2, 0.25) is 0 Å². The summed E-state index contributed by atoms with van der Waals surface area (Å²) in [4.78, 5) is 14.5. The molecule has 1 saturated heterocycles. The van der Waals surface area contributed by atoms with Gasteiger partial charge in [0.15, 0.2) is 0 Å². The number of morpholine rings is 1. The number of hydrogen-bond acceptors (Lipinski definition) is 6. The van der Waals surface area contributed by atoms with Crippen molar-refractivity contribution in [3.63, 3.8) is 0 Å². The Morgan fingerprint density at radius 1 is 1.03 bits per heavy atom. The van der Waals surface area contributed by atoms with Gasteiger partial charge in [0.25, 0.3) is 10.0 Å². The molecule has 0 aliphatic carbocycles. The number of methoxy groups -OCH3 is 1. The lowest BCUT2D eigenvalue weighted by Gasteiger charge is -2.30. The van der Waals surface area contributed by atoms with E-state index in [-0.39, 0.29) is 16.9 Å². The summed E-state index contributed by atoms with van der Waals surface area (Å²) in [5.41, 5.74) is 1.41. The number of sulfonamides is 1. The minimum Gasteiger partial charge on any atom is -0.497 e. The molecule has 0 spiro atoms. The maximum atomic E-state index is 13.9. The second kappa shape index (κ2) is 10.7. The van der Waals surface area contributed by atoms with Gasteiger partial charge in [-0.3, -0.25) is 9.52 Å². The maximum absolute atomic E-state index is 13.9. The van der Waals surface area contributed by atoms with Gasteiger partial charge in [-0.2, -0.15) is 0 Å². The predicted octanol–water partition coefficient (Wildman–Crippen LogP) is 3.65. The zero-order valence-electron chi connectivity index (χ0n) is 19.2. The molecule has 8 nitrogen and oxygen atoms in total. The lowest BCUT2D eigenvalue weighted by atomic mass is 10.1. The van der Waals surface area contributed by atoms with Crippen LogP contribution in [0.5, 0.6) is 5.75 Å². The van der Waals surface area contributed by atoms with Crippen molar-refractivity contribution in [3.8, 4) is 5.75 Å². The van der Waals surface area contributed by atoms with E-state index in [9.17, 15) is 17.6 Å². The van der Waals surface area contributed by atoms with E-state index in [4.69, 9.17) is 9.47 Å². The molecule has 0 aromatic heterocycles. The van der Waals surface area contributed by atoms with Crippen molar-refractivity contribution in [1.29, 1.82) is 0 Å². The topological polar surface area (TPSA) is 97.0 Å². The van der Waals surface area contributed by atoms with Crippen LogP contribution >= 0.6 is 0 Å². The fraction of sp³-hybridized carbons (Fsp3) is 0.240. The van der Waals surface area contributed by atoms with Crippen LogP contribution in [0.1, 0.15) is 5.56 Å². The molecule has 0 atom stereocenters. The van der Waals surface area contributed by atoms with Crippen molar-refractivity contribution >= 4 is 33.0 Å². The Morgan fingerprint density at radius 3 is 2.40 bits per heavy atom. The van der Waals surface area contributed by atoms with E-state index < -0.39 is 21.7 Å². The highest BCUT2D eigenvalue weighted by molar-refractivity contribution is 7.92. The third-order valence-corrected chi connectivity index (χ3v) is 6.95. The van der Waals surface area contributed by atoms with Crippen LogP contribution < -0.4 is 19.7 Å². The average molecular weight is 500 g/mol. The van der Waals surface area contributed by atoms with E-state index in [1.807, 2.05) is 4.90 Å². The lowest BCUT2D eigenvalue weighted by Crippen LogP contribution is -2.37. The Morgan fingerprint density at radius 2 is 1.71 bits per heavy atom. The minimum atomic E-state index is -4.02. The third-order valence-electron chi connectivity index (χ3n) is 5.54. The minimum absolute atomic E-state index is 0.0129. The largest absolute Gasteiger partial charge is 0.497 e. The second-order valence-electron chi connectivity index (χ2n) is 7.93. The Bertz CT molecular complexity index is 1290. The van der Waals surface area contributed by atoms with E-state index in [1.54, 1.807) is 48.5 Å². The number of benzene rings is 3. The van der Waals surface area contributed by atoms with Crippen LogP contribution in [0.25, 0.3) is 0 Å². The summed E-state index contributed by atoms with van der Waals surface area (Å²) in [6.45, 7) is 2.02. The van der Waals surface area contributed by atoms with Gasteiger partial charge in [0.05, 0.1) is 32.4 Å². The molecule has 0 bridgehead atoms. The number of anilines is 3. The highest BCUT2D eigenvalue weighted by Gasteiger charge is 2.25. The number of rotatable bonds is 8. The molecule has 1 amide bonds. The van der Waals surface area contributed by atoms with E-state index in [1.165, 1.54) is 25.3 Å². The summed E-state index contributed by atoms with van der Waals surface area (Å²) in [6, 6.07) is 17.2. The van der Waals surface area contributed by atoms with E-state index in [2.05, 4.69) is 10.0 Å². The smallest absolute Gasteiger partial charge is 0.264 e. The Kier molecular flexibility index (Phi) is 7.52. The summed E-state index contributed by atoms with van der Waals surface area (Å²) in [5, 5.41) is 2.68. The van der Waals surface area contributed by atoms with Crippen LogP contribution in [-0.2, 0) is 26.0 Å². The van der Waals surface area contributed by atoms with Crippen LogP contribution in [0, 0.1) is 5.82 Å². The van der Waals surface area contributed by atoms with Crippen LogP contribution in [-0.4, -0.2) is 47.7 Å². The highest BCUT2D eigenvalue weighted by atomic mass is 32.2. The van der Waals surface area contributed by atoms with Crippen molar-refractivity contribution in [1.82, 2.24) is 0 Å². The Balaban J connectivity index is 1.62. The highest BCUT2D eigenvalue weighted by Crippen LogP contribution is 2.31. The summed E-state index contributed by atoms with van der Waals surface area (Å²) in [5.74, 6) is -0.334. The van der Waals surface area contributed by atoms with Gasteiger partial charge in [-0.05, 0) is 54.1 Å². The monoisotopic (exact) mass is 499 g/mol. The number of nitrogens with one attached hydrogen (secondary N) is 2. The van der Waals surface area contributed by atoms with Gasteiger partial charge in [0, 0.05) is 24.5 Å². The summed E-state index contributed by atoms with van der Waals surface area (Å²) in [7, 11) is -2.49. The Hall–Kier alpha value is -3.63. The number of carbonyl (C=O) groups is 1. The number of carbonyl (C=O) groups excluding carboxylic acids is 1. The van der Waals surface area contributed by atoms with Crippen molar-refractivity contribution in [2.24, 2.45) is 0 Å². The van der Waals surface area contributed by atoms with Crippen LogP contribution in [0.15, 0.2) is 71.6 Å². The molecule has 35 heavy (non-hydrogen) atoms. The molecule has 184 valence electrons. The van der Waals surface area contributed by atoms with E-state index in [0.29, 0.717) is 49.1 Å². The van der Waals surface area contributed by atoms with Gasteiger partial charge in [-0.15, -0.1) is 0 Å². The first-order chi connectivity index (χ1) is 16.9. The zero-order valence-corrected chi connectivity index (χ0v) is 20.0. The molecular formula is C25H26FN3O5S. The first kappa shape index (κ1) is 24.5. The summed E-state index contributed by atoms with van der Waals surface area (Å²) in [6.07, 6.45) is -0.177. The van der Waals surface area contributed by atoms with Crippen molar-refractivity contribution in [2.45, 2.75) is 11.3 Å². The fourth-order valence-electron chi connectivity index (χ4n) is 3.76. The number of halogens is 1. The second-order valence-corrected chi connectivity index (χ2v) is 9.58. The molecule has 10 heteroatoms. The Labute approximate surface area is 203 Å². The molecule has 0 unspecified atom stereocenters. The van der Waals surface area contributed by atoms with Crippen molar-refractivity contribution in [2.75, 3.05) is 48.4 Å². The quantitative estimate of drug-likeness (QED) is 0.491. The van der Waals surface area contributed by atoms with E-state index in [0.717, 1.165) is 0 Å². The number of amides is 1. The molecular weight excluding hydrogens is 473 g/mol. The van der Waals surface area contributed by atoms with Crippen molar-refractivity contribution < 1.29 is 27.1 Å². The SMILES string of the molecule is COc1ccc(NS(=O)(=O)c2cc(NC(=O)Cc3ccccc3F)ccc2N2CCOCC2)cc1. The van der Waals surface area contributed by atoms with Crippen molar-refractivity contribution in [3.05, 3.63) is 78.1 Å². The van der Waals surface area contributed by atoms with Gasteiger partial charge in [0.2, 0.25) is 5.91 Å². The molecule has 3 aromatic rings. The molecule has 1 aliphatic heterocycles. The normalized spacial score (nSPS) is 13.8. The molecule has 3 aromatic carbocycles. The van der Waals surface area contributed by atoms with Gasteiger partial charge in [-0.25, -0.2) is 12.8 Å². The van der Waals surface area contributed by atoms with Crippen LogP contribution in [0.4, 0.5) is 21.5 Å². The van der Waals surface area contributed by atoms with Gasteiger partial charge < -0.3 is 19.7 Å². The summed E-state index contributed by atoms with van der Waals surface area (Å²) >= 11 is 0. The molecule has 1 aliphatic rings. The number of ether oxygens (including phenoxy) is 2.